The van der Waals surface area contributed by atoms with Crippen molar-refractivity contribution in [1.82, 2.24) is 10.2 Å². The summed E-state index contributed by atoms with van der Waals surface area (Å²) in [5.41, 5.74) is 1.94. The SMILES string of the molecule is COCCNC(=O)CCN1C(=O)c2ccccc2N2C(=O)c3c(ccc(OC)c3OC)C12. The van der Waals surface area contributed by atoms with Crippen LogP contribution in [0.2, 0.25) is 0 Å². The molecule has 2 aliphatic heterocycles. The minimum atomic E-state index is -0.675. The van der Waals surface area contributed by atoms with Crippen LogP contribution < -0.4 is 19.7 Å². The molecular weight excluding hydrogens is 414 g/mol. The molecule has 0 aromatic heterocycles. The van der Waals surface area contributed by atoms with E-state index in [2.05, 4.69) is 5.32 Å². The van der Waals surface area contributed by atoms with E-state index in [0.717, 1.165) is 0 Å². The van der Waals surface area contributed by atoms with Gasteiger partial charge >= 0.3 is 0 Å². The lowest BCUT2D eigenvalue weighted by atomic mass is 10.0. The second kappa shape index (κ2) is 8.88. The van der Waals surface area contributed by atoms with Crippen LogP contribution in [0.15, 0.2) is 36.4 Å². The van der Waals surface area contributed by atoms with Crippen LogP contribution in [0.1, 0.15) is 38.9 Å². The second-order valence-corrected chi connectivity index (χ2v) is 7.42. The van der Waals surface area contributed by atoms with Crippen molar-refractivity contribution in [2.75, 3.05) is 45.9 Å². The molecule has 0 radical (unpaired) electrons. The van der Waals surface area contributed by atoms with Crippen LogP contribution >= 0.6 is 0 Å². The second-order valence-electron chi connectivity index (χ2n) is 7.42. The highest BCUT2D eigenvalue weighted by molar-refractivity contribution is 6.18. The molecular formula is C23H25N3O6. The maximum absolute atomic E-state index is 13.6. The summed E-state index contributed by atoms with van der Waals surface area (Å²) < 4.78 is 15.8. The van der Waals surface area contributed by atoms with Gasteiger partial charge in [0.1, 0.15) is 6.17 Å². The van der Waals surface area contributed by atoms with Crippen LogP contribution in [0, 0.1) is 0 Å². The molecule has 2 aromatic rings. The van der Waals surface area contributed by atoms with Gasteiger partial charge in [0.05, 0.1) is 37.6 Å². The molecule has 0 spiro atoms. The monoisotopic (exact) mass is 439 g/mol. The van der Waals surface area contributed by atoms with Crippen LogP contribution in [0.3, 0.4) is 0 Å². The first-order valence-electron chi connectivity index (χ1n) is 10.3. The molecule has 0 saturated heterocycles. The van der Waals surface area contributed by atoms with E-state index in [9.17, 15) is 14.4 Å². The molecule has 1 atom stereocenters. The molecule has 2 aliphatic rings. The number of methoxy groups -OCH3 is 3. The summed E-state index contributed by atoms with van der Waals surface area (Å²) in [4.78, 5) is 42.4. The first-order chi connectivity index (χ1) is 15.5. The van der Waals surface area contributed by atoms with Crippen LogP contribution in [-0.4, -0.2) is 63.6 Å². The largest absolute Gasteiger partial charge is 0.493 e. The summed E-state index contributed by atoms with van der Waals surface area (Å²) in [5.74, 6) is 0.0454. The average Bonchev–Trinajstić information content (AvgIpc) is 3.11. The number of hydrogen-bond acceptors (Lipinski definition) is 6. The Morgan fingerprint density at radius 2 is 1.81 bits per heavy atom. The zero-order valence-electron chi connectivity index (χ0n) is 18.2. The molecule has 1 unspecified atom stereocenters. The summed E-state index contributed by atoms with van der Waals surface area (Å²) in [5, 5.41) is 2.76. The number of ether oxygens (including phenoxy) is 3. The highest BCUT2D eigenvalue weighted by Crippen LogP contribution is 2.49. The van der Waals surface area contributed by atoms with E-state index in [1.54, 1.807) is 53.3 Å². The number of rotatable bonds is 8. The summed E-state index contributed by atoms with van der Waals surface area (Å²) in [7, 11) is 4.54. The first-order valence-corrected chi connectivity index (χ1v) is 10.3. The third kappa shape index (κ3) is 3.44. The highest BCUT2D eigenvalue weighted by Gasteiger charge is 2.49. The minimum Gasteiger partial charge on any atom is -0.493 e. The third-order valence-corrected chi connectivity index (χ3v) is 5.69. The van der Waals surface area contributed by atoms with Crippen molar-refractivity contribution in [2.24, 2.45) is 0 Å². The lowest BCUT2D eigenvalue weighted by molar-refractivity contribution is -0.121. The summed E-state index contributed by atoms with van der Waals surface area (Å²) in [6, 6.07) is 10.5. The van der Waals surface area contributed by atoms with Crippen LogP contribution in [0.25, 0.3) is 0 Å². The Morgan fingerprint density at radius 3 is 2.53 bits per heavy atom. The quantitative estimate of drug-likeness (QED) is 0.632. The van der Waals surface area contributed by atoms with Gasteiger partial charge in [-0.2, -0.15) is 0 Å². The normalized spacial score (nSPS) is 16.4. The molecule has 2 heterocycles. The molecule has 0 bridgehead atoms. The maximum Gasteiger partial charge on any atom is 0.264 e. The summed E-state index contributed by atoms with van der Waals surface area (Å²) in [6.07, 6.45) is -0.579. The molecule has 3 amide bonds. The van der Waals surface area contributed by atoms with Crippen LogP contribution in [0.4, 0.5) is 5.69 Å². The van der Waals surface area contributed by atoms with Crippen LogP contribution in [0.5, 0.6) is 11.5 Å². The molecule has 1 N–H and O–H groups in total. The molecule has 168 valence electrons. The van der Waals surface area contributed by atoms with Gasteiger partial charge in [0.15, 0.2) is 11.5 Å². The number of nitrogens with one attached hydrogen (secondary N) is 1. The number of nitrogens with zero attached hydrogens (tertiary/aromatic N) is 2. The van der Waals surface area contributed by atoms with Crippen molar-refractivity contribution in [2.45, 2.75) is 12.6 Å². The predicted octanol–water partition coefficient (Wildman–Crippen LogP) is 1.97. The van der Waals surface area contributed by atoms with E-state index in [0.29, 0.717) is 47.0 Å². The van der Waals surface area contributed by atoms with Crippen molar-refractivity contribution >= 4 is 23.4 Å². The number of hydrogen-bond donors (Lipinski definition) is 1. The number of carbonyl (C=O) groups excluding carboxylic acids is 3. The Labute approximate surface area is 185 Å². The molecule has 0 aliphatic carbocycles. The Hall–Kier alpha value is -3.59. The van der Waals surface area contributed by atoms with Gasteiger partial charge in [-0.15, -0.1) is 0 Å². The van der Waals surface area contributed by atoms with Crippen molar-refractivity contribution in [3.8, 4) is 11.5 Å². The maximum atomic E-state index is 13.6. The zero-order valence-corrected chi connectivity index (χ0v) is 18.2. The minimum absolute atomic E-state index is 0.0960. The first kappa shape index (κ1) is 21.6. The van der Waals surface area contributed by atoms with Gasteiger partial charge in [-0.05, 0) is 18.2 Å². The van der Waals surface area contributed by atoms with E-state index >= 15 is 0 Å². The van der Waals surface area contributed by atoms with Gasteiger partial charge < -0.3 is 24.4 Å². The Morgan fingerprint density at radius 1 is 1.03 bits per heavy atom. The Kier molecular flexibility index (Phi) is 6.00. The van der Waals surface area contributed by atoms with Crippen molar-refractivity contribution < 1.29 is 28.6 Å². The fourth-order valence-corrected chi connectivity index (χ4v) is 4.25. The lowest BCUT2D eigenvalue weighted by Gasteiger charge is -2.40. The van der Waals surface area contributed by atoms with Gasteiger partial charge in [0, 0.05) is 32.2 Å². The smallest absolute Gasteiger partial charge is 0.264 e. The van der Waals surface area contributed by atoms with Gasteiger partial charge in [0.25, 0.3) is 11.8 Å². The molecule has 2 aromatic carbocycles. The number of para-hydroxylation sites is 1. The zero-order chi connectivity index (χ0) is 22.8. The molecule has 4 rings (SSSR count). The number of amides is 3. The van der Waals surface area contributed by atoms with Crippen molar-refractivity contribution in [3.63, 3.8) is 0 Å². The van der Waals surface area contributed by atoms with Gasteiger partial charge in [-0.25, -0.2) is 0 Å². The molecule has 9 heteroatoms. The summed E-state index contributed by atoms with van der Waals surface area (Å²) in [6.45, 7) is 0.940. The fraction of sp³-hybridized carbons (Fsp3) is 0.348. The number of fused-ring (bicyclic) bond motifs is 5. The molecule has 9 nitrogen and oxygen atoms in total. The Bertz CT molecular complexity index is 1070. The van der Waals surface area contributed by atoms with Gasteiger partial charge in [-0.3, -0.25) is 19.3 Å². The predicted molar refractivity (Wildman–Crippen MR) is 116 cm³/mol. The Balaban J connectivity index is 1.74. The van der Waals surface area contributed by atoms with E-state index in [1.165, 1.54) is 14.2 Å². The molecule has 0 saturated carbocycles. The van der Waals surface area contributed by atoms with Gasteiger partial charge in [-0.1, -0.05) is 18.2 Å². The molecule has 32 heavy (non-hydrogen) atoms. The average molecular weight is 439 g/mol. The molecule has 0 fully saturated rings. The number of anilines is 1. The third-order valence-electron chi connectivity index (χ3n) is 5.69. The van der Waals surface area contributed by atoms with Gasteiger partial charge in [0.2, 0.25) is 5.91 Å². The highest BCUT2D eigenvalue weighted by atomic mass is 16.5. The van der Waals surface area contributed by atoms with E-state index in [-0.39, 0.29) is 30.7 Å². The van der Waals surface area contributed by atoms with Crippen molar-refractivity contribution in [3.05, 3.63) is 53.1 Å². The van der Waals surface area contributed by atoms with Crippen molar-refractivity contribution in [1.29, 1.82) is 0 Å². The lowest BCUT2D eigenvalue weighted by Crippen LogP contribution is -2.49. The van der Waals surface area contributed by atoms with Crippen LogP contribution in [-0.2, 0) is 9.53 Å². The number of benzene rings is 2. The fourth-order valence-electron chi connectivity index (χ4n) is 4.25. The summed E-state index contributed by atoms with van der Waals surface area (Å²) >= 11 is 0. The van der Waals surface area contributed by atoms with E-state index in [4.69, 9.17) is 14.2 Å². The van der Waals surface area contributed by atoms with E-state index in [1.807, 2.05) is 0 Å². The van der Waals surface area contributed by atoms with E-state index < -0.39 is 6.17 Å². The number of carbonyl (C=O) groups is 3. The topological polar surface area (TPSA) is 97.4 Å². The standard InChI is InChI=1S/C23H25N3O6/c1-30-13-11-24-18(27)10-12-25-21-15-8-9-17(31-2)20(32-3)19(15)23(29)26(21)16-7-5-4-6-14(16)22(25)28/h4-9,21H,10-13H2,1-3H3,(H,24,27).